The lowest BCUT2D eigenvalue weighted by molar-refractivity contribution is -0.154. The monoisotopic (exact) mass is 625 g/mol. The lowest BCUT2D eigenvalue weighted by Gasteiger charge is -2.15. The number of aliphatic hydroxyl groups is 1. The number of ether oxygens (including phenoxy) is 2. The van der Waals surface area contributed by atoms with Crippen LogP contribution >= 0.6 is 0 Å². The third-order valence-corrected chi connectivity index (χ3v) is 9.18. The molecule has 4 nitrogen and oxygen atoms in total. The van der Waals surface area contributed by atoms with Gasteiger partial charge in [0.2, 0.25) is 0 Å². The standard InChI is InChI=1S/C40H80O4/c1-3-5-7-9-11-12-13-14-15-16-17-18-19-20-21-22-23-24-25-26-27-28-29-30-32-34-36-43-38-39(37-41)44-40(42)35-33-31-10-8-6-4-2/h39,41H,3-38H2,1-2H3. The van der Waals surface area contributed by atoms with E-state index in [-0.39, 0.29) is 12.6 Å². The summed E-state index contributed by atoms with van der Waals surface area (Å²) in [5, 5.41) is 9.49. The highest BCUT2D eigenvalue weighted by atomic mass is 16.6. The summed E-state index contributed by atoms with van der Waals surface area (Å²) in [5.74, 6) is -0.205. The van der Waals surface area contributed by atoms with Gasteiger partial charge >= 0.3 is 5.97 Å². The molecule has 0 saturated heterocycles. The molecular formula is C40H80O4. The van der Waals surface area contributed by atoms with Gasteiger partial charge in [-0.05, 0) is 12.8 Å². The summed E-state index contributed by atoms with van der Waals surface area (Å²) >= 11 is 0. The Morgan fingerprint density at radius 2 is 0.750 bits per heavy atom. The average Bonchev–Trinajstić information content (AvgIpc) is 3.03. The van der Waals surface area contributed by atoms with Crippen LogP contribution in [0, 0.1) is 0 Å². The second-order valence-corrected chi connectivity index (χ2v) is 13.7. The Balaban J connectivity index is 3.24. The number of hydrogen-bond acceptors (Lipinski definition) is 4. The Hall–Kier alpha value is -0.610. The topological polar surface area (TPSA) is 55.8 Å². The van der Waals surface area contributed by atoms with Crippen LogP contribution in [-0.4, -0.2) is 37.0 Å². The fourth-order valence-corrected chi connectivity index (χ4v) is 6.15. The van der Waals surface area contributed by atoms with Crippen molar-refractivity contribution < 1.29 is 19.4 Å². The van der Waals surface area contributed by atoms with E-state index in [4.69, 9.17) is 9.47 Å². The van der Waals surface area contributed by atoms with E-state index in [0.717, 1.165) is 19.3 Å². The number of carbonyl (C=O) groups excluding carboxylic acids is 1. The third-order valence-electron chi connectivity index (χ3n) is 9.18. The number of carbonyl (C=O) groups is 1. The highest BCUT2D eigenvalue weighted by Crippen LogP contribution is 2.16. The summed E-state index contributed by atoms with van der Waals surface area (Å²) in [6.45, 7) is 5.33. The Morgan fingerprint density at radius 1 is 0.455 bits per heavy atom. The second-order valence-electron chi connectivity index (χ2n) is 13.7. The van der Waals surface area contributed by atoms with Crippen LogP contribution in [0.25, 0.3) is 0 Å². The third kappa shape index (κ3) is 35.9. The first-order chi connectivity index (χ1) is 21.7. The van der Waals surface area contributed by atoms with Crippen molar-refractivity contribution in [2.24, 2.45) is 0 Å². The molecule has 0 aromatic rings. The molecule has 0 radical (unpaired) electrons. The van der Waals surface area contributed by atoms with Gasteiger partial charge in [-0.15, -0.1) is 0 Å². The molecule has 0 rings (SSSR count). The first-order valence-electron chi connectivity index (χ1n) is 20.1. The van der Waals surface area contributed by atoms with Crippen LogP contribution in [0.4, 0.5) is 0 Å². The molecule has 0 aliphatic rings. The highest BCUT2D eigenvalue weighted by molar-refractivity contribution is 5.69. The van der Waals surface area contributed by atoms with Gasteiger partial charge in [0.25, 0.3) is 0 Å². The quantitative estimate of drug-likeness (QED) is 0.0548. The molecule has 0 aromatic carbocycles. The maximum Gasteiger partial charge on any atom is 0.306 e. The summed E-state index contributed by atoms with van der Waals surface area (Å²) in [6.07, 6.45) is 43.4. The summed E-state index contributed by atoms with van der Waals surface area (Å²) in [5.41, 5.74) is 0. The number of unbranched alkanes of at least 4 members (excludes halogenated alkanes) is 30. The molecule has 44 heavy (non-hydrogen) atoms. The molecule has 4 heteroatoms. The van der Waals surface area contributed by atoms with E-state index in [1.807, 2.05) is 0 Å². The van der Waals surface area contributed by atoms with Crippen molar-refractivity contribution in [1.29, 1.82) is 0 Å². The minimum absolute atomic E-state index is 0.165. The fourth-order valence-electron chi connectivity index (χ4n) is 6.15. The van der Waals surface area contributed by atoms with Crippen LogP contribution in [0.3, 0.4) is 0 Å². The van der Waals surface area contributed by atoms with E-state index in [0.29, 0.717) is 19.6 Å². The molecular weight excluding hydrogens is 544 g/mol. The van der Waals surface area contributed by atoms with E-state index in [1.165, 1.54) is 186 Å². The van der Waals surface area contributed by atoms with E-state index in [9.17, 15) is 9.90 Å². The van der Waals surface area contributed by atoms with Crippen molar-refractivity contribution in [3.05, 3.63) is 0 Å². The van der Waals surface area contributed by atoms with Crippen LogP contribution in [0.5, 0.6) is 0 Å². The van der Waals surface area contributed by atoms with Gasteiger partial charge in [-0.2, -0.15) is 0 Å². The molecule has 0 spiro atoms. The number of hydrogen-bond donors (Lipinski definition) is 1. The maximum atomic E-state index is 12.0. The van der Waals surface area contributed by atoms with Crippen LogP contribution in [0.2, 0.25) is 0 Å². The molecule has 1 unspecified atom stereocenters. The predicted molar refractivity (Wildman–Crippen MR) is 191 cm³/mol. The number of aliphatic hydroxyl groups excluding tert-OH is 1. The van der Waals surface area contributed by atoms with Crippen molar-refractivity contribution in [2.45, 2.75) is 232 Å². The largest absolute Gasteiger partial charge is 0.457 e. The second kappa shape index (κ2) is 38.6. The zero-order valence-corrected chi connectivity index (χ0v) is 30.2. The molecule has 1 N–H and O–H groups in total. The van der Waals surface area contributed by atoms with Gasteiger partial charge in [0.05, 0.1) is 13.2 Å². The molecule has 0 aliphatic heterocycles. The summed E-state index contributed by atoms with van der Waals surface area (Å²) in [4.78, 5) is 12.0. The molecule has 0 amide bonds. The number of esters is 1. The summed E-state index contributed by atoms with van der Waals surface area (Å²) < 4.78 is 11.0. The lowest BCUT2D eigenvalue weighted by atomic mass is 10.0. The molecule has 0 saturated carbocycles. The van der Waals surface area contributed by atoms with Crippen LogP contribution in [0.1, 0.15) is 226 Å². The first kappa shape index (κ1) is 43.4. The van der Waals surface area contributed by atoms with Gasteiger partial charge < -0.3 is 14.6 Å². The maximum absolute atomic E-state index is 12.0. The van der Waals surface area contributed by atoms with Crippen molar-refractivity contribution in [1.82, 2.24) is 0 Å². The molecule has 0 aliphatic carbocycles. The van der Waals surface area contributed by atoms with Gasteiger partial charge in [-0.25, -0.2) is 0 Å². The van der Waals surface area contributed by atoms with Crippen LogP contribution in [-0.2, 0) is 14.3 Å². The Bertz CT molecular complexity index is 537. The van der Waals surface area contributed by atoms with E-state index in [1.54, 1.807) is 0 Å². The van der Waals surface area contributed by atoms with E-state index >= 15 is 0 Å². The Labute approximate surface area is 276 Å². The fraction of sp³-hybridized carbons (Fsp3) is 0.975. The van der Waals surface area contributed by atoms with Crippen LogP contribution < -0.4 is 0 Å². The molecule has 0 heterocycles. The SMILES string of the molecule is CCCCCCCCCCCCCCCCCCCCCCCCCCCCOCC(CO)OC(=O)CCCCCCCC. The summed E-state index contributed by atoms with van der Waals surface area (Å²) in [7, 11) is 0. The summed E-state index contributed by atoms with van der Waals surface area (Å²) in [6, 6.07) is 0. The molecule has 0 aromatic heterocycles. The van der Waals surface area contributed by atoms with Gasteiger partial charge in [0.15, 0.2) is 0 Å². The number of rotatable bonds is 38. The first-order valence-corrected chi connectivity index (χ1v) is 20.1. The van der Waals surface area contributed by atoms with Crippen molar-refractivity contribution in [2.75, 3.05) is 19.8 Å². The van der Waals surface area contributed by atoms with Crippen molar-refractivity contribution in [3.8, 4) is 0 Å². The van der Waals surface area contributed by atoms with Gasteiger partial charge in [0.1, 0.15) is 6.10 Å². The zero-order chi connectivity index (χ0) is 32.0. The normalized spacial score (nSPS) is 12.2. The smallest absolute Gasteiger partial charge is 0.306 e. The molecule has 0 fully saturated rings. The average molecular weight is 625 g/mol. The Morgan fingerprint density at radius 3 is 1.07 bits per heavy atom. The van der Waals surface area contributed by atoms with Gasteiger partial charge in [0, 0.05) is 13.0 Å². The Kier molecular flexibility index (Phi) is 38.0. The lowest BCUT2D eigenvalue weighted by Crippen LogP contribution is -2.27. The van der Waals surface area contributed by atoms with E-state index in [2.05, 4.69) is 13.8 Å². The van der Waals surface area contributed by atoms with Crippen molar-refractivity contribution >= 4 is 5.97 Å². The van der Waals surface area contributed by atoms with Gasteiger partial charge in [-0.1, -0.05) is 206 Å². The zero-order valence-electron chi connectivity index (χ0n) is 30.2. The molecule has 0 bridgehead atoms. The minimum Gasteiger partial charge on any atom is -0.457 e. The van der Waals surface area contributed by atoms with Crippen molar-refractivity contribution in [3.63, 3.8) is 0 Å². The predicted octanol–water partition coefficient (Wildman–Crippen LogP) is 12.8. The highest BCUT2D eigenvalue weighted by Gasteiger charge is 2.13. The molecule has 1 atom stereocenters. The van der Waals surface area contributed by atoms with Crippen LogP contribution in [0.15, 0.2) is 0 Å². The molecule has 264 valence electrons. The minimum atomic E-state index is -0.522. The van der Waals surface area contributed by atoms with E-state index < -0.39 is 6.10 Å². The van der Waals surface area contributed by atoms with Gasteiger partial charge in [-0.3, -0.25) is 4.79 Å².